The molecule has 0 aromatic heterocycles. The molecule has 0 rings (SSSR count). The van der Waals surface area contributed by atoms with Crippen molar-refractivity contribution in [1.82, 2.24) is 0 Å². The number of rotatable bonds is 5. The van der Waals surface area contributed by atoms with E-state index in [1.165, 1.54) is 7.11 Å². The van der Waals surface area contributed by atoms with Gasteiger partial charge in [0.05, 0.1) is 7.11 Å². The Labute approximate surface area is 86.6 Å². The second kappa shape index (κ2) is 6.78. The van der Waals surface area contributed by atoms with Crippen LogP contribution in [0.2, 0.25) is 0 Å². The molecule has 0 bridgehead atoms. The van der Waals surface area contributed by atoms with Crippen molar-refractivity contribution in [2.75, 3.05) is 18.6 Å². The molecule has 0 aromatic rings. The summed E-state index contributed by atoms with van der Waals surface area (Å²) in [6.07, 6.45) is 0. The van der Waals surface area contributed by atoms with E-state index in [1.54, 1.807) is 11.8 Å². The van der Waals surface area contributed by atoms with Gasteiger partial charge in [-0.15, -0.1) is 0 Å². The van der Waals surface area contributed by atoms with Crippen LogP contribution in [0.25, 0.3) is 0 Å². The predicted octanol–water partition coefficient (Wildman–Crippen LogP) is 2.31. The highest BCUT2D eigenvalue weighted by atomic mass is 79.9. The molecule has 12 heavy (non-hydrogen) atoms. The van der Waals surface area contributed by atoms with Crippen LogP contribution >= 0.6 is 27.7 Å². The third-order valence-corrected chi connectivity index (χ3v) is 3.77. The number of thioether (sulfide) groups is 1. The van der Waals surface area contributed by atoms with E-state index in [4.69, 9.17) is 0 Å². The summed E-state index contributed by atoms with van der Waals surface area (Å²) in [6.45, 7) is 4.32. The predicted molar refractivity (Wildman–Crippen MR) is 56.9 cm³/mol. The summed E-state index contributed by atoms with van der Waals surface area (Å²) >= 11 is 5.02. The zero-order chi connectivity index (χ0) is 9.56. The van der Waals surface area contributed by atoms with Gasteiger partial charge < -0.3 is 4.74 Å². The molecule has 0 N–H and O–H groups in total. The average Bonchev–Trinajstić information content (AvgIpc) is 2.02. The summed E-state index contributed by atoms with van der Waals surface area (Å²) < 4.78 is 4.57. The van der Waals surface area contributed by atoms with Crippen molar-refractivity contribution in [3.05, 3.63) is 0 Å². The zero-order valence-electron chi connectivity index (χ0n) is 7.67. The van der Waals surface area contributed by atoms with Crippen molar-refractivity contribution in [1.29, 1.82) is 0 Å². The summed E-state index contributed by atoms with van der Waals surface area (Å²) in [4.78, 5) is 10.7. The number of alkyl halides is 1. The van der Waals surface area contributed by atoms with Gasteiger partial charge in [-0.1, -0.05) is 29.8 Å². The molecule has 0 spiro atoms. The second-order valence-electron chi connectivity index (χ2n) is 2.92. The minimum absolute atomic E-state index is 0.161. The monoisotopic (exact) mass is 254 g/mol. The van der Waals surface area contributed by atoms with Crippen LogP contribution in [0.4, 0.5) is 0 Å². The van der Waals surface area contributed by atoms with Gasteiger partial charge in [-0.2, -0.15) is 11.8 Å². The van der Waals surface area contributed by atoms with Crippen molar-refractivity contribution in [2.24, 2.45) is 5.92 Å². The summed E-state index contributed by atoms with van der Waals surface area (Å²) in [7, 11) is 1.41. The van der Waals surface area contributed by atoms with Crippen LogP contribution in [-0.4, -0.2) is 29.4 Å². The van der Waals surface area contributed by atoms with Gasteiger partial charge in [0.25, 0.3) is 0 Å². The van der Waals surface area contributed by atoms with Crippen molar-refractivity contribution in [3.8, 4) is 0 Å². The van der Waals surface area contributed by atoms with E-state index in [9.17, 15) is 4.79 Å². The molecule has 0 fully saturated rings. The van der Waals surface area contributed by atoms with E-state index in [0.29, 0.717) is 5.92 Å². The number of esters is 1. The van der Waals surface area contributed by atoms with Crippen molar-refractivity contribution >= 4 is 33.7 Å². The first-order chi connectivity index (χ1) is 5.57. The zero-order valence-corrected chi connectivity index (χ0v) is 10.1. The first-order valence-corrected chi connectivity index (χ1v) is 5.94. The highest BCUT2D eigenvalue weighted by Gasteiger charge is 2.14. The van der Waals surface area contributed by atoms with Crippen LogP contribution in [0.15, 0.2) is 0 Å². The molecule has 0 aliphatic rings. The first kappa shape index (κ1) is 12.3. The van der Waals surface area contributed by atoms with Gasteiger partial charge in [-0.3, -0.25) is 4.79 Å². The molecule has 2 nitrogen and oxygen atoms in total. The van der Waals surface area contributed by atoms with E-state index in [2.05, 4.69) is 34.5 Å². The molecule has 0 heterocycles. The Hall–Kier alpha value is 0.300. The summed E-state index contributed by atoms with van der Waals surface area (Å²) in [6, 6.07) is 0. The number of carbonyl (C=O) groups is 1. The molecular formula is C8H15BrO2S. The number of carbonyl (C=O) groups excluding carboxylic acids is 1. The molecule has 0 saturated carbocycles. The van der Waals surface area contributed by atoms with Crippen LogP contribution < -0.4 is 0 Å². The lowest BCUT2D eigenvalue weighted by molar-refractivity contribution is -0.139. The molecule has 1 unspecified atom stereocenters. The van der Waals surface area contributed by atoms with Crippen molar-refractivity contribution in [3.63, 3.8) is 0 Å². The molecule has 1 atom stereocenters. The average molecular weight is 255 g/mol. The fourth-order valence-electron chi connectivity index (χ4n) is 0.603. The Morgan fingerprint density at radius 2 is 2.08 bits per heavy atom. The van der Waals surface area contributed by atoms with E-state index < -0.39 is 0 Å². The van der Waals surface area contributed by atoms with Crippen LogP contribution in [0.1, 0.15) is 13.8 Å². The van der Waals surface area contributed by atoms with Gasteiger partial charge in [0.2, 0.25) is 0 Å². The summed E-state index contributed by atoms with van der Waals surface area (Å²) in [5, 5.41) is 0. The van der Waals surface area contributed by atoms with Crippen molar-refractivity contribution in [2.45, 2.75) is 18.7 Å². The lowest BCUT2D eigenvalue weighted by atomic mass is 10.3. The topological polar surface area (TPSA) is 26.3 Å². The highest BCUT2D eigenvalue weighted by Crippen LogP contribution is 2.14. The normalized spacial score (nSPS) is 13.1. The molecule has 0 aliphatic carbocycles. The van der Waals surface area contributed by atoms with Gasteiger partial charge in [0.15, 0.2) is 0 Å². The van der Waals surface area contributed by atoms with Gasteiger partial charge >= 0.3 is 5.97 Å². The third kappa shape index (κ3) is 5.89. The Kier molecular flexibility index (Phi) is 6.95. The van der Waals surface area contributed by atoms with E-state index in [0.717, 1.165) is 11.5 Å². The maximum absolute atomic E-state index is 10.9. The molecular weight excluding hydrogens is 240 g/mol. The Morgan fingerprint density at radius 3 is 2.50 bits per heavy atom. The number of methoxy groups -OCH3 is 1. The van der Waals surface area contributed by atoms with Crippen molar-refractivity contribution < 1.29 is 9.53 Å². The Morgan fingerprint density at radius 1 is 1.50 bits per heavy atom. The van der Waals surface area contributed by atoms with Crippen LogP contribution in [0, 0.1) is 5.92 Å². The summed E-state index contributed by atoms with van der Waals surface area (Å²) in [5.41, 5.74) is 0. The van der Waals surface area contributed by atoms with Gasteiger partial charge in [-0.25, -0.2) is 0 Å². The quantitative estimate of drug-likeness (QED) is 0.557. The Bertz CT molecular complexity index is 139. The standard InChI is InChI=1S/C8H15BrO2S/c1-6(2)4-12-5-7(9)8(10)11-3/h6-7H,4-5H2,1-3H3. The van der Waals surface area contributed by atoms with Gasteiger partial charge in [-0.05, 0) is 11.7 Å². The minimum Gasteiger partial charge on any atom is -0.468 e. The molecule has 0 aliphatic heterocycles. The smallest absolute Gasteiger partial charge is 0.320 e. The molecule has 72 valence electrons. The molecule has 4 heteroatoms. The van der Waals surface area contributed by atoms with E-state index in [-0.39, 0.29) is 10.8 Å². The fourth-order valence-corrected chi connectivity index (χ4v) is 2.30. The summed E-state index contributed by atoms with van der Waals surface area (Å²) in [5.74, 6) is 2.35. The molecule has 0 saturated heterocycles. The highest BCUT2D eigenvalue weighted by molar-refractivity contribution is 9.10. The third-order valence-electron chi connectivity index (χ3n) is 1.17. The van der Waals surface area contributed by atoms with Crippen LogP contribution in [-0.2, 0) is 9.53 Å². The fraction of sp³-hybridized carbons (Fsp3) is 0.875. The second-order valence-corrected chi connectivity index (χ2v) is 5.10. The first-order valence-electron chi connectivity index (χ1n) is 3.87. The van der Waals surface area contributed by atoms with E-state index >= 15 is 0 Å². The SMILES string of the molecule is COC(=O)C(Br)CSCC(C)C. The molecule has 0 aromatic carbocycles. The van der Waals surface area contributed by atoms with Crippen LogP contribution in [0.5, 0.6) is 0 Å². The molecule has 0 radical (unpaired) electrons. The number of ether oxygens (including phenoxy) is 1. The maximum atomic E-state index is 10.9. The van der Waals surface area contributed by atoms with Gasteiger partial charge in [0, 0.05) is 5.75 Å². The number of hydrogen-bond acceptors (Lipinski definition) is 3. The maximum Gasteiger partial charge on any atom is 0.320 e. The van der Waals surface area contributed by atoms with Crippen LogP contribution in [0.3, 0.4) is 0 Å². The number of halogens is 1. The number of hydrogen-bond donors (Lipinski definition) is 0. The minimum atomic E-state index is -0.189. The Balaban J connectivity index is 3.43. The lowest BCUT2D eigenvalue weighted by Gasteiger charge is -2.08. The molecule has 0 amide bonds. The van der Waals surface area contributed by atoms with Gasteiger partial charge in [0.1, 0.15) is 4.83 Å². The largest absolute Gasteiger partial charge is 0.468 e. The van der Waals surface area contributed by atoms with E-state index in [1.807, 2.05) is 0 Å². The lowest BCUT2D eigenvalue weighted by Crippen LogP contribution is -2.18.